The summed E-state index contributed by atoms with van der Waals surface area (Å²) in [6.45, 7) is 4.44. The number of nitrogens with two attached hydrogens (primary N) is 2. The number of carboxylic acid groups (broad SMARTS) is 2. The highest BCUT2D eigenvalue weighted by Gasteiger charge is 2.54. The third kappa shape index (κ3) is 10.6. The van der Waals surface area contributed by atoms with Crippen LogP contribution < -0.4 is 37.5 Å². The van der Waals surface area contributed by atoms with Crippen molar-refractivity contribution in [3.05, 3.63) is 29.3 Å². The van der Waals surface area contributed by atoms with Gasteiger partial charge in [0.25, 0.3) is 5.91 Å². The van der Waals surface area contributed by atoms with Crippen LogP contribution in [0, 0.1) is 23.2 Å². The molecule has 0 bridgehead atoms. The topological polar surface area (TPSA) is 285 Å². The van der Waals surface area contributed by atoms with Crippen LogP contribution in [0.5, 0.6) is 5.75 Å². The quantitative estimate of drug-likeness (QED) is 0.0549. The molecule has 54 heavy (non-hydrogen) atoms. The number of fused-ring (bicyclic) bond motifs is 5. The Morgan fingerprint density at radius 2 is 1.69 bits per heavy atom. The minimum atomic E-state index is -1.62. The molecule has 11 N–H and O–H groups in total. The fourth-order valence-electron chi connectivity index (χ4n) is 8.47. The van der Waals surface area contributed by atoms with Gasteiger partial charge in [-0.05, 0) is 104 Å². The number of nitrogens with zero attached hydrogens (tertiary/aromatic N) is 1. The van der Waals surface area contributed by atoms with Gasteiger partial charge in [0.2, 0.25) is 17.7 Å². The Balaban J connectivity index is 1.33. The van der Waals surface area contributed by atoms with Gasteiger partial charge in [-0.1, -0.05) is 26.8 Å². The van der Waals surface area contributed by atoms with E-state index in [9.17, 15) is 44.1 Å². The molecule has 1 aromatic carbocycles. The minimum absolute atomic E-state index is 0.00745. The monoisotopic (exact) mass is 757 g/mol. The number of amides is 4. The third-order valence-electron chi connectivity index (χ3n) is 11.3. The Hall–Kier alpha value is -4.93. The summed E-state index contributed by atoms with van der Waals surface area (Å²) < 4.78 is 5.84. The lowest BCUT2D eigenvalue weighted by Gasteiger charge is -2.50. The van der Waals surface area contributed by atoms with E-state index in [1.54, 1.807) is 13.8 Å². The molecule has 298 valence electrons. The van der Waals surface area contributed by atoms with Crippen LogP contribution >= 0.6 is 0 Å². The highest BCUT2D eigenvalue weighted by Crippen LogP contribution is 2.60. The summed E-state index contributed by atoms with van der Waals surface area (Å²) in [5.41, 5.74) is 13.3. The number of ether oxygens (including phenoxy) is 1. The van der Waals surface area contributed by atoms with E-state index in [2.05, 4.69) is 39.2 Å². The fraction of sp³-hybridized carbons (Fsp3) is 0.649. The smallest absolute Gasteiger partial charge is 0.326 e. The number of aryl methyl sites for hydroxylation is 1. The highest BCUT2D eigenvalue weighted by molar-refractivity contribution is 5.95. The van der Waals surface area contributed by atoms with Crippen molar-refractivity contribution in [3.8, 4) is 5.75 Å². The average Bonchev–Trinajstić information content (AvgIpc) is 3.42. The second kappa shape index (κ2) is 18.4. The van der Waals surface area contributed by atoms with Crippen LogP contribution in [0.25, 0.3) is 0 Å². The molecule has 4 amide bonds. The van der Waals surface area contributed by atoms with E-state index in [4.69, 9.17) is 16.2 Å². The number of hydrogen-bond donors (Lipinski definition) is 9. The zero-order valence-corrected chi connectivity index (χ0v) is 31.1. The van der Waals surface area contributed by atoms with Gasteiger partial charge in [-0.3, -0.25) is 29.0 Å². The molecule has 0 saturated heterocycles. The molecule has 1 unspecified atom stereocenters. The molecule has 17 nitrogen and oxygen atoms in total. The standard InChI is InChI=1S/C37H55N7O10/c1-19(2)32(35(52)53)44-34(51)27(16-31(48)49)43-29(46)17-41-33(50)26(5-4-14-40-36(38)39)42-30(47)18-54-21-7-9-22-20(15-21)6-8-24-23(22)12-13-37(3)25(24)10-11-28(37)45/h7,9,15,19,23-28,32,45H,4-6,8,10-14,16-18H2,1-3H3,(H,41,50)(H,42,47)(H,43,46)(H,44,51)(H,48,49)(H,52,53)(H4,38,39,40)/t23-,24-,25+,26+,27+,28?,32+,37+/m1/s1. The number of hydrogen-bond acceptors (Lipinski definition) is 9. The molecule has 8 atom stereocenters. The summed E-state index contributed by atoms with van der Waals surface area (Å²) in [5.74, 6) is -4.69. The number of benzene rings is 1. The van der Waals surface area contributed by atoms with Crippen LogP contribution in [0.1, 0.15) is 89.2 Å². The number of nitrogens with one attached hydrogen (secondary N) is 4. The molecule has 4 rings (SSSR count). The van der Waals surface area contributed by atoms with Gasteiger partial charge in [-0.15, -0.1) is 0 Å². The van der Waals surface area contributed by atoms with E-state index in [0.29, 0.717) is 23.5 Å². The first kappa shape index (κ1) is 41.8. The van der Waals surface area contributed by atoms with Crippen molar-refractivity contribution in [2.24, 2.45) is 39.6 Å². The molecule has 0 radical (unpaired) electrons. The first-order valence-corrected chi connectivity index (χ1v) is 18.6. The number of aliphatic hydroxyl groups is 1. The van der Waals surface area contributed by atoms with E-state index in [1.165, 1.54) is 11.1 Å². The van der Waals surface area contributed by atoms with E-state index in [0.717, 1.165) is 38.5 Å². The number of aliphatic hydroxyl groups excluding tert-OH is 1. The number of guanidine groups is 1. The Labute approximate surface area is 314 Å². The van der Waals surface area contributed by atoms with Crippen molar-refractivity contribution in [1.29, 1.82) is 0 Å². The second-order valence-corrected chi connectivity index (χ2v) is 15.3. The zero-order chi connectivity index (χ0) is 39.7. The third-order valence-corrected chi connectivity index (χ3v) is 11.3. The number of carboxylic acids is 2. The number of rotatable bonds is 18. The van der Waals surface area contributed by atoms with Gasteiger partial charge in [0, 0.05) is 6.54 Å². The second-order valence-electron chi connectivity index (χ2n) is 15.3. The number of carbonyl (C=O) groups is 6. The largest absolute Gasteiger partial charge is 0.484 e. The molecule has 2 saturated carbocycles. The summed E-state index contributed by atoms with van der Waals surface area (Å²) >= 11 is 0. The SMILES string of the molecule is CC(C)[C@H](NC(=O)[C@H](CC(=O)O)NC(=O)CNC(=O)[C@H](CCCN=C(N)N)NC(=O)COc1ccc2c(c1)CC[C@@H]1[C@@H]2CC[C@]2(C)C(O)CC[C@@H]12)C(=O)O. The highest BCUT2D eigenvalue weighted by atomic mass is 16.5. The Kier molecular flexibility index (Phi) is 14.3. The van der Waals surface area contributed by atoms with Gasteiger partial charge in [0.1, 0.15) is 23.9 Å². The van der Waals surface area contributed by atoms with Gasteiger partial charge < -0.3 is 52.8 Å². The lowest BCUT2D eigenvalue weighted by molar-refractivity contribution is -0.144. The molecule has 0 spiro atoms. The first-order valence-electron chi connectivity index (χ1n) is 18.6. The maximum atomic E-state index is 13.2. The molecular weight excluding hydrogens is 702 g/mol. The summed E-state index contributed by atoms with van der Waals surface area (Å²) in [5, 5.41) is 38.8. The van der Waals surface area contributed by atoms with E-state index >= 15 is 0 Å². The summed E-state index contributed by atoms with van der Waals surface area (Å²) in [4.78, 5) is 78.4. The van der Waals surface area contributed by atoms with Crippen LogP contribution in [0.3, 0.4) is 0 Å². The van der Waals surface area contributed by atoms with Crippen molar-refractivity contribution in [2.45, 2.75) is 109 Å². The molecule has 17 heteroatoms. The van der Waals surface area contributed by atoms with Gasteiger partial charge in [0.15, 0.2) is 12.6 Å². The van der Waals surface area contributed by atoms with E-state index < -0.39 is 72.6 Å². The number of carbonyl (C=O) groups excluding carboxylic acids is 4. The Bertz CT molecular complexity index is 1600. The van der Waals surface area contributed by atoms with Crippen molar-refractivity contribution in [2.75, 3.05) is 19.7 Å². The van der Waals surface area contributed by atoms with Crippen molar-refractivity contribution < 1.29 is 48.8 Å². The predicted octanol–water partition coefficient (Wildman–Crippen LogP) is 0.122. The fourth-order valence-corrected chi connectivity index (χ4v) is 8.47. The van der Waals surface area contributed by atoms with Gasteiger partial charge in [0.05, 0.1) is 19.1 Å². The van der Waals surface area contributed by atoms with Crippen molar-refractivity contribution in [3.63, 3.8) is 0 Å². The van der Waals surface area contributed by atoms with Crippen LogP contribution in [0.15, 0.2) is 23.2 Å². The maximum absolute atomic E-state index is 13.2. The molecule has 0 aromatic heterocycles. The average molecular weight is 758 g/mol. The van der Waals surface area contributed by atoms with Crippen molar-refractivity contribution in [1.82, 2.24) is 21.3 Å². The lowest BCUT2D eigenvalue weighted by atomic mass is 9.55. The van der Waals surface area contributed by atoms with Crippen LogP contribution in [0.2, 0.25) is 0 Å². The molecule has 0 heterocycles. The van der Waals surface area contributed by atoms with Gasteiger partial charge in [-0.2, -0.15) is 0 Å². The minimum Gasteiger partial charge on any atom is -0.484 e. The van der Waals surface area contributed by atoms with E-state index in [-0.39, 0.29) is 43.5 Å². The first-order chi connectivity index (χ1) is 25.5. The molecular formula is C37H55N7O10. The van der Waals surface area contributed by atoms with Gasteiger partial charge >= 0.3 is 11.9 Å². The Morgan fingerprint density at radius 3 is 2.35 bits per heavy atom. The summed E-state index contributed by atoms with van der Waals surface area (Å²) in [7, 11) is 0. The van der Waals surface area contributed by atoms with Gasteiger partial charge in [-0.25, -0.2) is 4.79 Å². The van der Waals surface area contributed by atoms with Crippen LogP contribution in [-0.4, -0.2) is 101 Å². The normalized spacial score (nSPS) is 24.3. The number of aliphatic carboxylic acids is 2. The van der Waals surface area contributed by atoms with Crippen LogP contribution in [0.4, 0.5) is 0 Å². The molecule has 0 aliphatic heterocycles. The zero-order valence-electron chi connectivity index (χ0n) is 31.1. The molecule has 3 aliphatic rings. The predicted molar refractivity (Wildman–Crippen MR) is 196 cm³/mol. The van der Waals surface area contributed by atoms with Crippen LogP contribution in [-0.2, 0) is 35.2 Å². The Morgan fingerprint density at radius 1 is 0.963 bits per heavy atom. The summed E-state index contributed by atoms with van der Waals surface area (Å²) in [6.07, 6.45) is 5.19. The maximum Gasteiger partial charge on any atom is 0.326 e. The van der Waals surface area contributed by atoms with Crippen molar-refractivity contribution >= 4 is 41.5 Å². The summed E-state index contributed by atoms with van der Waals surface area (Å²) in [6, 6.07) is 1.83. The molecule has 1 aromatic rings. The van der Waals surface area contributed by atoms with E-state index in [1.807, 2.05) is 12.1 Å². The molecule has 3 aliphatic carbocycles. The lowest BCUT2D eigenvalue weighted by Crippen LogP contribution is -2.55. The number of aliphatic imine (C=N–C) groups is 1. The molecule has 2 fully saturated rings.